The molecule has 0 aliphatic carbocycles. The summed E-state index contributed by atoms with van der Waals surface area (Å²) in [5.41, 5.74) is 0. The Morgan fingerprint density at radius 2 is 1.75 bits per heavy atom. The van der Waals surface area contributed by atoms with E-state index in [1.807, 2.05) is 14.1 Å². The molecule has 3 nitrogen and oxygen atoms in total. The Hall–Kier alpha value is 0.460. The van der Waals surface area contributed by atoms with Crippen molar-refractivity contribution in [1.29, 1.82) is 0 Å². The van der Waals surface area contributed by atoms with E-state index < -0.39 is 12.3 Å². The third-order valence-corrected chi connectivity index (χ3v) is 2.23. The number of rotatable bonds is 4. The molecule has 0 aromatic rings. The van der Waals surface area contributed by atoms with Gasteiger partial charge >= 0.3 is 0 Å². The third-order valence-electron chi connectivity index (χ3n) is 1.87. The van der Waals surface area contributed by atoms with E-state index in [1.54, 1.807) is 6.92 Å². The Kier molecular flexibility index (Phi) is 7.47. The van der Waals surface area contributed by atoms with Gasteiger partial charge in [0.2, 0.25) is 0 Å². The largest absolute Gasteiger partial charge is 1.00 e. The standard InChI is InChI=1S/C7H17ClNO2.ClH/c1-6(10)9(2,3)5-7(11)4-8;/h6-7,10-11H,4-5H2,1-3H3;1H/q+1;/p-1. The van der Waals surface area contributed by atoms with Gasteiger partial charge < -0.3 is 27.1 Å². The first-order valence-electron chi connectivity index (χ1n) is 3.65. The molecule has 0 aromatic carbocycles. The van der Waals surface area contributed by atoms with Crippen LogP contribution in [-0.2, 0) is 0 Å². The van der Waals surface area contributed by atoms with Crippen LogP contribution in [0.1, 0.15) is 6.92 Å². The molecule has 5 heteroatoms. The minimum Gasteiger partial charge on any atom is -1.00 e. The van der Waals surface area contributed by atoms with E-state index in [-0.39, 0.29) is 18.3 Å². The molecule has 0 heterocycles. The number of aliphatic hydroxyl groups is 2. The molecule has 76 valence electrons. The first-order valence-corrected chi connectivity index (χ1v) is 4.18. The Morgan fingerprint density at radius 1 is 1.33 bits per heavy atom. The topological polar surface area (TPSA) is 40.5 Å². The van der Waals surface area contributed by atoms with Crippen molar-refractivity contribution in [2.75, 3.05) is 26.5 Å². The summed E-state index contributed by atoms with van der Waals surface area (Å²) in [4.78, 5) is 0. The van der Waals surface area contributed by atoms with E-state index in [4.69, 9.17) is 11.6 Å². The van der Waals surface area contributed by atoms with E-state index in [1.165, 1.54) is 0 Å². The summed E-state index contributed by atoms with van der Waals surface area (Å²) in [7, 11) is 3.70. The van der Waals surface area contributed by atoms with Crippen molar-refractivity contribution in [3.63, 3.8) is 0 Å². The van der Waals surface area contributed by atoms with E-state index in [0.29, 0.717) is 11.0 Å². The summed E-state index contributed by atoms with van der Waals surface area (Å²) >= 11 is 5.42. The normalized spacial score (nSPS) is 16.5. The molecular formula is C7H17Cl2NO2. The molecule has 0 radical (unpaired) electrons. The first-order chi connectivity index (χ1) is 4.90. The van der Waals surface area contributed by atoms with Crippen LogP contribution in [0, 0.1) is 0 Å². The van der Waals surface area contributed by atoms with Crippen molar-refractivity contribution in [2.45, 2.75) is 19.3 Å². The highest BCUT2D eigenvalue weighted by Gasteiger charge is 2.24. The zero-order valence-corrected chi connectivity index (χ0v) is 9.18. The Bertz CT molecular complexity index is 120. The minimum absolute atomic E-state index is 0. The number of hydrogen-bond donors (Lipinski definition) is 2. The lowest BCUT2D eigenvalue weighted by Crippen LogP contribution is -3.00. The van der Waals surface area contributed by atoms with Crippen molar-refractivity contribution in [1.82, 2.24) is 0 Å². The molecule has 0 aliphatic rings. The summed E-state index contributed by atoms with van der Waals surface area (Å²) in [5, 5.41) is 18.4. The minimum atomic E-state index is -0.540. The molecule has 2 atom stereocenters. The van der Waals surface area contributed by atoms with Crippen molar-refractivity contribution < 1.29 is 27.1 Å². The fourth-order valence-electron chi connectivity index (χ4n) is 0.745. The molecular weight excluding hydrogens is 201 g/mol. The average molecular weight is 218 g/mol. The van der Waals surface area contributed by atoms with Gasteiger partial charge in [-0.3, -0.25) is 0 Å². The number of likely N-dealkylation sites (N-methyl/N-ethyl adjacent to an activating group) is 1. The van der Waals surface area contributed by atoms with Gasteiger partial charge in [-0.2, -0.15) is 0 Å². The van der Waals surface area contributed by atoms with E-state index in [2.05, 4.69) is 0 Å². The predicted molar refractivity (Wildman–Crippen MR) is 45.4 cm³/mol. The molecule has 0 rings (SSSR count). The highest BCUT2D eigenvalue weighted by atomic mass is 35.5. The van der Waals surface area contributed by atoms with Crippen LogP contribution in [-0.4, -0.2) is 53.5 Å². The number of halogens is 2. The monoisotopic (exact) mass is 217 g/mol. The number of alkyl halides is 1. The van der Waals surface area contributed by atoms with Crippen LogP contribution in [0.4, 0.5) is 0 Å². The van der Waals surface area contributed by atoms with E-state index >= 15 is 0 Å². The van der Waals surface area contributed by atoms with Crippen LogP contribution in [0.15, 0.2) is 0 Å². The molecule has 0 bridgehead atoms. The Balaban J connectivity index is 0. The summed E-state index contributed by atoms with van der Waals surface area (Å²) in [5.74, 6) is 0.217. The average Bonchev–Trinajstić information content (AvgIpc) is 1.86. The van der Waals surface area contributed by atoms with Crippen LogP contribution in [0.25, 0.3) is 0 Å². The molecule has 0 aromatic heterocycles. The second-order valence-corrected chi connectivity index (χ2v) is 3.71. The Labute approximate surface area is 84.9 Å². The number of nitrogens with zero attached hydrogens (tertiary/aromatic N) is 1. The summed E-state index contributed by atoms with van der Waals surface area (Å²) in [6, 6.07) is 0. The lowest BCUT2D eigenvalue weighted by molar-refractivity contribution is -0.936. The van der Waals surface area contributed by atoms with Crippen molar-refractivity contribution in [3.8, 4) is 0 Å². The molecule has 12 heavy (non-hydrogen) atoms. The van der Waals surface area contributed by atoms with Gasteiger partial charge in [0.05, 0.1) is 20.0 Å². The van der Waals surface area contributed by atoms with E-state index in [0.717, 1.165) is 0 Å². The number of quaternary nitrogens is 1. The van der Waals surface area contributed by atoms with Gasteiger partial charge in [0, 0.05) is 6.92 Å². The number of aliphatic hydroxyl groups excluding tert-OH is 2. The quantitative estimate of drug-likeness (QED) is 0.300. The Morgan fingerprint density at radius 3 is 2.00 bits per heavy atom. The SMILES string of the molecule is CC(O)[N+](C)(C)CC(O)CCl.[Cl-]. The zero-order chi connectivity index (χ0) is 9.07. The second kappa shape index (κ2) is 6.00. The highest BCUT2D eigenvalue weighted by molar-refractivity contribution is 6.18. The van der Waals surface area contributed by atoms with Crippen molar-refractivity contribution in [2.24, 2.45) is 0 Å². The van der Waals surface area contributed by atoms with Crippen molar-refractivity contribution in [3.05, 3.63) is 0 Å². The van der Waals surface area contributed by atoms with Gasteiger partial charge in [0.15, 0.2) is 6.23 Å². The van der Waals surface area contributed by atoms with Crippen molar-refractivity contribution >= 4 is 11.6 Å². The highest BCUT2D eigenvalue weighted by Crippen LogP contribution is 2.05. The molecule has 0 amide bonds. The molecule has 0 aliphatic heterocycles. The van der Waals surface area contributed by atoms with Gasteiger partial charge in [0.25, 0.3) is 0 Å². The van der Waals surface area contributed by atoms with Gasteiger partial charge in [0.1, 0.15) is 12.6 Å². The van der Waals surface area contributed by atoms with Crippen LogP contribution in [0.2, 0.25) is 0 Å². The smallest absolute Gasteiger partial charge is 0.187 e. The summed E-state index contributed by atoms with van der Waals surface area (Å²) in [6.07, 6.45) is -1.02. The molecule has 0 spiro atoms. The van der Waals surface area contributed by atoms with E-state index in [9.17, 15) is 10.2 Å². The maximum atomic E-state index is 9.24. The lowest BCUT2D eigenvalue weighted by atomic mass is 10.3. The first kappa shape index (κ1) is 15.0. The maximum Gasteiger partial charge on any atom is 0.187 e. The fraction of sp³-hybridized carbons (Fsp3) is 1.00. The zero-order valence-electron chi connectivity index (χ0n) is 7.67. The third kappa shape index (κ3) is 5.17. The maximum absolute atomic E-state index is 9.24. The summed E-state index contributed by atoms with van der Waals surface area (Å²) in [6.45, 7) is 2.17. The van der Waals surface area contributed by atoms with Crippen LogP contribution in [0.3, 0.4) is 0 Å². The number of hydrogen-bond acceptors (Lipinski definition) is 2. The molecule has 2 unspecified atom stereocenters. The van der Waals surface area contributed by atoms with Crippen LogP contribution < -0.4 is 12.4 Å². The van der Waals surface area contributed by atoms with Gasteiger partial charge in [-0.05, 0) is 0 Å². The molecule has 2 N–H and O–H groups in total. The molecule has 0 saturated heterocycles. The fourth-order valence-corrected chi connectivity index (χ4v) is 0.842. The lowest BCUT2D eigenvalue weighted by Gasteiger charge is -2.33. The molecule has 0 fully saturated rings. The molecule has 0 saturated carbocycles. The second-order valence-electron chi connectivity index (χ2n) is 3.40. The van der Waals surface area contributed by atoms with Gasteiger partial charge in [-0.1, -0.05) is 0 Å². The van der Waals surface area contributed by atoms with Crippen LogP contribution in [0.5, 0.6) is 0 Å². The van der Waals surface area contributed by atoms with Gasteiger partial charge in [-0.25, -0.2) is 0 Å². The summed E-state index contributed by atoms with van der Waals surface area (Å²) < 4.78 is 0.369. The van der Waals surface area contributed by atoms with Crippen LogP contribution >= 0.6 is 11.6 Å². The predicted octanol–water partition coefficient (Wildman–Crippen LogP) is -3.00. The van der Waals surface area contributed by atoms with Gasteiger partial charge in [-0.15, -0.1) is 11.6 Å².